The van der Waals surface area contributed by atoms with Crippen LogP contribution in [-0.4, -0.2) is 0 Å². The van der Waals surface area contributed by atoms with Gasteiger partial charge >= 0.3 is 0 Å². The lowest BCUT2D eigenvalue weighted by Crippen LogP contribution is -2.26. The van der Waals surface area contributed by atoms with Crippen LogP contribution in [0.1, 0.15) is 49.9 Å². The first kappa shape index (κ1) is 12.9. The molecule has 0 aliphatic heterocycles. The normalized spacial score (nSPS) is 14.9. The topological polar surface area (TPSA) is 0 Å². The number of rotatable bonds is 0. The number of hydrogen-bond donors (Lipinski definition) is 0. The summed E-state index contributed by atoms with van der Waals surface area (Å²) < 4.78 is 0. The van der Waals surface area contributed by atoms with Crippen molar-refractivity contribution in [2.45, 2.75) is 39.5 Å². The molecule has 0 bridgehead atoms. The number of hydrogen-bond acceptors (Lipinski definition) is 0. The highest BCUT2D eigenvalue weighted by atomic mass is 14.3. The van der Waals surface area contributed by atoms with E-state index in [4.69, 9.17) is 0 Å². The van der Waals surface area contributed by atoms with Crippen molar-refractivity contribution in [2.24, 2.45) is 0 Å². The van der Waals surface area contributed by atoms with Gasteiger partial charge < -0.3 is 0 Å². The summed E-state index contributed by atoms with van der Waals surface area (Å²) in [6.45, 7) is 8.65. The Hall–Kier alpha value is -1.56. The highest BCUT2D eigenvalue weighted by Crippen LogP contribution is 2.40. The van der Waals surface area contributed by atoms with Crippen molar-refractivity contribution >= 4 is 0 Å². The molecule has 0 aromatic heterocycles. The summed E-state index contributed by atoms with van der Waals surface area (Å²) in [7, 11) is 0. The minimum atomic E-state index is 0.144. The Bertz CT molecular complexity index is 488. The maximum absolute atomic E-state index is 2.32. The predicted octanol–water partition coefficient (Wildman–Crippen LogP) is 4.94. The maximum atomic E-state index is 2.32. The van der Waals surface area contributed by atoms with Crippen LogP contribution in [-0.2, 0) is 11.8 Å². The Labute approximate surface area is 111 Å². The van der Waals surface area contributed by atoms with Crippen LogP contribution in [0.4, 0.5) is 0 Å². The molecule has 0 atom stereocenters. The van der Waals surface area contributed by atoms with Crippen molar-refractivity contribution in [2.75, 3.05) is 0 Å². The molecular weight excluding hydrogens is 216 g/mol. The molecule has 1 aliphatic rings. The Balaban J connectivity index is 0.000000574. The van der Waals surface area contributed by atoms with Crippen molar-refractivity contribution < 1.29 is 0 Å². The van der Waals surface area contributed by atoms with Crippen LogP contribution >= 0.6 is 0 Å². The molecule has 18 heavy (non-hydrogen) atoms. The number of fused-ring (bicyclic) bond motifs is 2. The average Bonchev–Trinajstić information content (AvgIpc) is 2.41. The van der Waals surface area contributed by atoms with Crippen LogP contribution in [0.15, 0.2) is 48.5 Å². The van der Waals surface area contributed by atoms with Crippen molar-refractivity contribution in [1.29, 1.82) is 0 Å². The molecule has 0 heteroatoms. The van der Waals surface area contributed by atoms with Gasteiger partial charge in [0.15, 0.2) is 0 Å². The van der Waals surface area contributed by atoms with Gasteiger partial charge in [0.05, 0.1) is 0 Å². The van der Waals surface area contributed by atoms with Crippen LogP contribution in [0.2, 0.25) is 0 Å². The van der Waals surface area contributed by atoms with Crippen molar-refractivity contribution in [3.63, 3.8) is 0 Å². The first-order chi connectivity index (χ1) is 8.69. The van der Waals surface area contributed by atoms with Crippen LogP contribution in [0.25, 0.3) is 0 Å². The Morgan fingerprint density at radius 3 is 1.56 bits per heavy atom. The van der Waals surface area contributed by atoms with Crippen molar-refractivity contribution in [3.8, 4) is 0 Å². The van der Waals surface area contributed by atoms with Crippen LogP contribution in [0.5, 0.6) is 0 Å². The molecule has 0 saturated heterocycles. The molecule has 1 aliphatic carbocycles. The first-order valence-electron chi connectivity index (χ1n) is 6.86. The van der Waals surface area contributed by atoms with E-state index in [1.807, 2.05) is 13.8 Å². The zero-order valence-electron chi connectivity index (χ0n) is 11.8. The van der Waals surface area contributed by atoms with E-state index < -0.39 is 0 Å². The molecular formula is C18H22. The average molecular weight is 238 g/mol. The Kier molecular flexibility index (Phi) is 3.56. The summed E-state index contributed by atoms with van der Waals surface area (Å²) in [6, 6.07) is 17.6. The van der Waals surface area contributed by atoms with Crippen molar-refractivity contribution in [3.05, 3.63) is 70.8 Å². The van der Waals surface area contributed by atoms with E-state index >= 15 is 0 Å². The second kappa shape index (κ2) is 4.97. The zero-order valence-corrected chi connectivity index (χ0v) is 11.8. The van der Waals surface area contributed by atoms with E-state index in [1.165, 1.54) is 22.3 Å². The third kappa shape index (κ3) is 1.96. The molecule has 94 valence electrons. The second-order valence-corrected chi connectivity index (χ2v) is 5.12. The monoisotopic (exact) mass is 238 g/mol. The standard InChI is InChI=1S/C16H16.C2H6/c1-16(2)14-9-5-3-7-12(14)11-13-8-4-6-10-15(13)16;1-2/h3-10H,11H2,1-2H3;1-2H3. The molecule has 0 heterocycles. The quantitative estimate of drug-likeness (QED) is 0.609. The van der Waals surface area contributed by atoms with Gasteiger partial charge in [0.1, 0.15) is 0 Å². The highest BCUT2D eigenvalue weighted by Gasteiger charge is 2.31. The molecule has 0 N–H and O–H groups in total. The van der Waals surface area contributed by atoms with Gasteiger partial charge in [-0.1, -0.05) is 76.2 Å². The lowest BCUT2D eigenvalue weighted by molar-refractivity contribution is 0.610. The van der Waals surface area contributed by atoms with E-state index in [0.717, 1.165) is 6.42 Å². The fraction of sp³-hybridized carbons (Fsp3) is 0.333. The predicted molar refractivity (Wildman–Crippen MR) is 79.2 cm³/mol. The molecule has 0 spiro atoms. The van der Waals surface area contributed by atoms with Crippen molar-refractivity contribution in [1.82, 2.24) is 0 Å². The summed E-state index contributed by atoms with van der Waals surface area (Å²) in [5.74, 6) is 0. The fourth-order valence-corrected chi connectivity index (χ4v) is 2.92. The summed E-state index contributed by atoms with van der Waals surface area (Å²) >= 11 is 0. The lowest BCUT2D eigenvalue weighted by Gasteiger charge is -2.35. The molecule has 0 radical (unpaired) electrons. The third-order valence-electron chi connectivity index (χ3n) is 3.76. The lowest BCUT2D eigenvalue weighted by atomic mass is 9.69. The smallest absolute Gasteiger partial charge is 0.0152 e. The summed E-state index contributed by atoms with van der Waals surface area (Å²) in [5.41, 5.74) is 6.06. The van der Waals surface area contributed by atoms with Gasteiger partial charge in [-0.15, -0.1) is 0 Å². The SMILES string of the molecule is CC.CC1(C)c2ccccc2Cc2ccccc21. The van der Waals surface area contributed by atoms with E-state index in [1.54, 1.807) is 0 Å². The molecule has 0 unspecified atom stereocenters. The van der Waals surface area contributed by atoms with Gasteiger partial charge in [0.25, 0.3) is 0 Å². The van der Waals surface area contributed by atoms with Gasteiger partial charge in [-0.05, 0) is 28.7 Å². The molecule has 0 nitrogen and oxygen atoms in total. The van der Waals surface area contributed by atoms with Crippen LogP contribution < -0.4 is 0 Å². The molecule has 2 aromatic carbocycles. The van der Waals surface area contributed by atoms with Gasteiger partial charge in [0, 0.05) is 5.41 Å². The Morgan fingerprint density at radius 1 is 0.722 bits per heavy atom. The second-order valence-electron chi connectivity index (χ2n) is 5.12. The van der Waals surface area contributed by atoms with Gasteiger partial charge in [-0.3, -0.25) is 0 Å². The summed E-state index contributed by atoms with van der Waals surface area (Å²) in [6.07, 6.45) is 1.08. The fourth-order valence-electron chi connectivity index (χ4n) is 2.92. The van der Waals surface area contributed by atoms with E-state index in [9.17, 15) is 0 Å². The van der Waals surface area contributed by atoms with Gasteiger partial charge in [0.2, 0.25) is 0 Å². The van der Waals surface area contributed by atoms with E-state index in [2.05, 4.69) is 62.4 Å². The summed E-state index contributed by atoms with van der Waals surface area (Å²) in [4.78, 5) is 0. The third-order valence-corrected chi connectivity index (χ3v) is 3.76. The number of benzene rings is 2. The minimum absolute atomic E-state index is 0.144. The van der Waals surface area contributed by atoms with Gasteiger partial charge in [-0.25, -0.2) is 0 Å². The van der Waals surface area contributed by atoms with Crippen LogP contribution in [0, 0.1) is 0 Å². The first-order valence-corrected chi connectivity index (χ1v) is 6.86. The van der Waals surface area contributed by atoms with Gasteiger partial charge in [-0.2, -0.15) is 0 Å². The van der Waals surface area contributed by atoms with Crippen LogP contribution in [0.3, 0.4) is 0 Å². The largest absolute Gasteiger partial charge is 0.0683 e. The highest BCUT2D eigenvalue weighted by molar-refractivity contribution is 5.52. The van der Waals surface area contributed by atoms with E-state index in [0.29, 0.717) is 0 Å². The molecule has 0 saturated carbocycles. The molecule has 2 aromatic rings. The van der Waals surface area contributed by atoms with E-state index in [-0.39, 0.29) is 5.41 Å². The Morgan fingerprint density at radius 2 is 1.11 bits per heavy atom. The molecule has 0 fully saturated rings. The zero-order chi connectivity index (χ0) is 13.2. The molecule has 0 amide bonds. The molecule has 3 rings (SSSR count). The summed E-state index contributed by atoms with van der Waals surface area (Å²) in [5, 5.41) is 0. The minimum Gasteiger partial charge on any atom is -0.0683 e. The maximum Gasteiger partial charge on any atom is 0.0152 e.